The van der Waals surface area contributed by atoms with Crippen LogP contribution in [0.3, 0.4) is 0 Å². The minimum atomic E-state index is -0.491. The number of benzene rings is 2. The van der Waals surface area contributed by atoms with Crippen LogP contribution in [0.4, 0.5) is 0 Å². The SMILES string of the molecule is CC[C@@]12CC[C@@H](c3ccc(-c4ccn(C)n4)cc3Cl)[C@H](c3ccc(Cl)cc3)[C@@H]1[C@@H](CO)NC2=O. The van der Waals surface area contributed by atoms with Crippen molar-refractivity contribution in [2.75, 3.05) is 6.61 Å². The molecule has 34 heavy (non-hydrogen) atoms. The van der Waals surface area contributed by atoms with E-state index < -0.39 is 5.41 Å². The Labute approximate surface area is 210 Å². The zero-order valence-corrected chi connectivity index (χ0v) is 20.9. The summed E-state index contributed by atoms with van der Waals surface area (Å²) in [4.78, 5) is 13.2. The van der Waals surface area contributed by atoms with Gasteiger partial charge in [0.1, 0.15) is 0 Å². The van der Waals surface area contributed by atoms with Crippen LogP contribution in [0.1, 0.15) is 49.1 Å². The van der Waals surface area contributed by atoms with E-state index in [9.17, 15) is 9.90 Å². The van der Waals surface area contributed by atoms with Gasteiger partial charge in [0.05, 0.1) is 23.8 Å². The van der Waals surface area contributed by atoms with E-state index in [2.05, 4.69) is 41.6 Å². The summed E-state index contributed by atoms with van der Waals surface area (Å²) < 4.78 is 1.78. The summed E-state index contributed by atoms with van der Waals surface area (Å²) in [7, 11) is 1.90. The standard InChI is InChI=1S/C27H29Cl2N3O2/c1-3-27-12-10-20(19-9-6-17(14-21(19)29)22-11-13-32(2)31-22)24(16-4-7-18(28)8-5-16)25(27)23(15-33)30-26(27)34/h4-9,11,13-14,20,23-25,33H,3,10,12,15H2,1-2H3,(H,30,34)/t20-,23+,24-,25-,27+/m0/s1. The number of rotatable bonds is 5. The van der Waals surface area contributed by atoms with Gasteiger partial charge in [-0.3, -0.25) is 9.48 Å². The highest BCUT2D eigenvalue weighted by Gasteiger charge is 2.60. The number of aromatic nitrogens is 2. The maximum absolute atomic E-state index is 13.2. The number of hydrogen-bond donors (Lipinski definition) is 2. The molecule has 3 aromatic rings. The summed E-state index contributed by atoms with van der Waals surface area (Å²) in [5, 5.41) is 19.2. The summed E-state index contributed by atoms with van der Waals surface area (Å²) in [6, 6.07) is 15.8. The topological polar surface area (TPSA) is 67.2 Å². The first-order valence-corrected chi connectivity index (χ1v) is 12.6. The molecule has 2 aromatic carbocycles. The molecule has 1 amide bonds. The predicted octanol–water partition coefficient (Wildman–Crippen LogP) is 5.56. The smallest absolute Gasteiger partial charge is 0.226 e. The molecule has 2 heterocycles. The van der Waals surface area contributed by atoms with Crippen LogP contribution >= 0.6 is 23.2 Å². The minimum Gasteiger partial charge on any atom is -0.394 e. The molecular weight excluding hydrogens is 469 g/mol. The molecule has 1 saturated heterocycles. The van der Waals surface area contributed by atoms with Crippen molar-refractivity contribution in [2.45, 2.75) is 44.1 Å². The second kappa shape index (κ2) is 9.03. The van der Waals surface area contributed by atoms with Crippen molar-refractivity contribution in [3.8, 4) is 11.3 Å². The highest BCUT2D eigenvalue weighted by molar-refractivity contribution is 6.31. The molecule has 2 N–H and O–H groups in total. The third-order valence-corrected chi connectivity index (χ3v) is 8.63. The van der Waals surface area contributed by atoms with Gasteiger partial charge in [0.25, 0.3) is 0 Å². The third kappa shape index (κ3) is 3.74. The number of carbonyl (C=O) groups excluding carboxylic acids is 1. The van der Waals surface area contributed by atoms with Gasteiger partial charge in [-0.25, -0.2) is 0 Å². The molecule has 2 fully saturated rings. The lowest BCUT2D eigenvalue weighted by atomic mass is 9.54. The molecule has 1 saturated carbocycles. The van der Waals surface area contributed by atoms with E-state index in [-0.39, 0.29) is 36.3 Å². The van der Waals surface area contributed by atoms with Gasteiger partial charge < -0.3 is 10.4 Å². The first-order chi connectivity index (χ1) is 16.4. The minimum absolute atomic E-state index is 0.0141. The first-order valence-electron chi connectivity index (χ1n) is 11.8. The number of halogens is 2. The lowest BCUT2D eigenvalue weighted by molar-refractivity contribution is -0.131. The van der Waals surface area contributed by atoms with Gasteiger partial charge in [-0.15, -0.1) is 0 Å². The molecule has 0 spiro atoms. The molecule has 2 aliphatic rings. The monoisotopic (exact) mass is 497 g/mol. The average molecular weight is 498 g/mol. The van der Waals surface area contributed by atoms with E-state index in [1.54, 1.807) is 4.68 Å². The molecule has 0 radical (unpaired) electrons. The Bertz CT molecular complexity index is 1210. The number of nitrogens with zero attached hydrogens (tertiary/aromatic N) is 2. The molecule has 5 atom stereocenters. The fourth-order valence-electron chi connectivity index (χ4n) is 6.42. The summed E-state index contributed by atoms with van der Waals surface area (Å²) >= 11 is 13.1. The van der Waals surface area contributed by atoms with Crippen molar-refractivity contribution >= 4 is 29.1 Å². The molecule has 1 aromatic heterocycles. The molecule has 7 heteroatoms. The fraction of sp³-hybridized carbons (Fsp3) is 0.407. The number of aliphatic hydroxyl groups excluding tert-OH is 1. The van der Waals surface area contributed by atoms with Crippen LogP contribution in [0.5, 0.6) is 0 Å². The zero-order valence-electron chi connectivity index (χ0n) is 19.3. The summed E-state index contributed by atoms with van der Waals surface area (Å²) in [5.74, 6) is 0.146. The van der Waals surface area contributed by atoms with Crippen LogP contribution in [0.25, 0.3) is 11.3 Å². The number of aryl methyl sites for hydroxylation is 1. The van der Waals surface area contributed by atoms with E-state index in [1.807, 2.05) is 37.5 Å². The second-order valence-corrected chi connectivity index (χ2v) is 10.5. The molecule has 0 bridgehead atoms. The van der Waals surface area contributed by atoms with Crippen LogP contribution in [0.2, 0.25) is 10.0 Å². The van der Waals surface area contributed by atoms with Crippen molar-refractivity contribution in [2.24, 2.45) is 18.4 Å². The van der Waals surface area contributed by atoms with Crippen molar-refractivity contribution in [3.63, 3.8) is 0 Å². The molecule has 5 nitrogen and oxygen atoms in total. The number of amides is 1. The van der Waals surface area contributed by atoms with Crippen molar-refractivity contribution in [1.29, 1.82) is 0 Å². The van der Waals surface area contributed by atoms with E-state index in [1.165, 1.54) is 0 Å². The predicted molar refractivity (Wildman–Crippen MR) is 135 cm³/mol. The van der Waals surface area contributed by atoms with Gasteiger partial charge in [-0.2, -0.15) is 5.10 Å². The summed E-state index contributed by atoms with van der Waals surface area (Å²) in [5.41, 5.74) is 3.56. The largest absolute Gasteiger partial charge is 0.394 e. The maximum Gasteiger partial charge on any atom is 0.226 e. The maximum atomic E-state index is 13.2. The Hall–Kier alpha value is -2.34. The van der Waals surface area contributed by atoms with Gasteiger partial charge in [0, 0.05) is 34.8 Å². The Morgan fingerprint density at radius 2 is 1.94 bits per heavy atom. The molecular formula is C27H29Cl2N3O2. The van der Waals surface area contributed by atoms with Crippen LogP contribution in [-0.4, -0.2) is 33.4 Å². The van der Waals surface area contributed by atoms with Gasteiger partial charge >= 0.3 is 0 Å². The zero-order chi connectivity index (χ0) is 24.0. The van der Waals surface area contributed by atoms with E-state index >= 15 is 0 Å². The number of fused-ring (bicyclic) bond motifs is 1. The van der Waals surface area contributed by atoms with E-state index in [4.69, 9.17) is 23.2 Å². The van der Waals surface area contributed by atoms with Crippen LogP contribution in [0.15, 0.2) is 54.7 Å². The molecule has 0 unspecified atom stereocenters. The lowest BCUT2D eigenvalue weighted by Gasteiger charge is -2.48. The Balaban J connectivity index is 1.61. The highest BCUT2D eigenvalue weighted by Crippen LogP contribution is 2.60. The van der Waals surface area contributed by atoms with Crippen LogP contribution in [-0.2, 0) is 11.8 Å². The third-order valence-electron chi connectivity index (χ3n) is 8.05. The average Bonchev–Trinajstić information content (AvgIpc) is 3.40. The summed E-state index contributed by atoms with van der Waals surface area (Å²) in [6.45, 7) is 2.00. The Kier molecular flexibility index (Phi) is 6.21. The molecule has 5 rings (SSSR count). The molecule has 178 valence electrons. The number of hydrogen-bond acceptors (Lipinski definition) is 3. The van der Waals surface area contributed by atoms with Crippen molar-refractivity contribution < 1.29 is 9.90 Å². The quantitative estimate of drug-likeness (QED) is 0.484. The summed E-state index contributed by atoms with van der Waals surface area (Å²) in [6.07, 6.45) is 4.26. The fourth-order valence-corrected chi connectivity index (χ4v) is 6.86. The second-order valence-electron chi connectivity index (χ2n) is 9.63. The van der Waals surface area contributed by atoms with Crippen LogP contribution < -0.4 is 5.32 Å². The van der Waals surface area contributed by atoms with Crippen molar-refractivity contribution in [1.82, 2.24) is 15.1 Å². The Morgan fingerprint density at radius 1 is 1.18 bits per heavy atom. The van der Waals surface area contributed by atoms with Gasteiger partial charge in [0.2, 0.25) is 5.91 Å². The van der Waals surface area contributed by atoms with Gasteiger partial charge in [-0.1, -0.05) is 54.4 Å². The normalized spacial score (nSPS) is 28.6. The lowest BCUT2D eigenvalue weighted by Crippen LogP contribution is -2.45. The number of carbonyl (C=O) groups is 1. The van der Waals surface area contributed by atoms with Crippen molar-refractivity contribution in [3.05, 3.63) is 75.9 Å². The number of aliphatic hydroxyl groups is 1. The van der Waals surface area contributed by atoms with Gasteiger partial charge in [0.15, 0.2) is 0 Å². The number of nitrogens with one attached hydrogen (secondary N) is 1. The van der Waals surface area contributed by atoms with E-state index in [0.717, 1.165) is 41.6 Å². The first kappa shape index (κ1) is 23.4. The Morgan fingerprint density at radius 3 is 2.56 bits per heavy atom. The van der Waals surface area contributed by atoms with Crippen LogP contribution in [0, 0.1) is 11.3 Å². The highest BCUT2D eigenvalue weighted by atomic mass is 35.5. The van der Waals surface area contributed by atoms with Gasteiger partial charge in [-0.05, 0) is 66.5 Å². The molecule has 1 aliphatic heterocycles. The molecule has 1 aliphatic carbocycles. The van der Waals surface area contributed by atoms with E-state index in [0.29, 0.717) is 10.0 Å².